The van der Waals surface area contributed by atoms with Gasteiger partial charge < -0.3 is 14.6 Å². The van der Waals surface area contributed by atoms with E-state index in [1.165, 1.54) is 7.11 Å². The second kappa shape index (κ2) is 5.84. The zero-order valence-electron chi connectivity index (χ0n) is 9.37. The summed E-state index contributed by atoms with van der Waals surface area (Å²) < 4.78 is 22.9. The summed E-state index contributed by atoms with van der Waals surface area (Å²) >= 11 is 5.77. The molecule has 1 atom stereocenters. The minimum atomic E-state index is -1.70. The third kappa shape index (κ3) is 3.08. The molecule has 0 bridgehead atoms. The van der Waals surface area contributed by atoms with E-state index in [0.717, 1.165) is 12.1 Å². The molecule has 0 aliphatic rings. The molecular weight excluding hydrogens is 251 g/mol. The van der Waals surface area contributed by atoms with Crippen LogP contribution in [0.15, 0.2) is 12.1 Å². The number of methoxy groups -OCH3 is 1. The first-order valence-electron chi connectivity index (χ1n) is 4.88. The number of halogens is 2. The number of benzene rings is 1. The zero-order valence-corrected chi connectivity index (χ0v) is 10.1. The van der Waals surface area contributed by atoms with E-state index in [0.29, 0.717) is 0 Å². The van der Waals surface area contributed by atoms with Gasteiger partial charge in [0.2, 0.25) is 0 Å². The standard InChI is InChI=1S/C11H12ClFO4/c1-3-17-11(15)10(14)6-4-7(12)9(16-2)5-8(6)13/h4-5,10,14H,3H2,1-2H3. The number of hydrogen-bond acceptors (Lipinski definition) is 4. The van der Waals surface area contributed by atoms with Gasteiger partial charge in [-0.25, -0.2) is 9.18 Å². The molecule has 1 aromatic rings. The van der Waals surface area contributed by atoms with Crippen molar-refractivity contribution in [1.29, 1.82) is 0 Å². The highest BCUT2D eigenvalue weighted by atomic mass is 35.5. The Morgan fingerprint density at radius 2 is 2.24 bits per heavy atom. The molecule has 6 heteroatoms. The van der Waals surface area contributed by atoms with Gasteiger partial charge in [0.1, 0.15) is 11.6 Å². The van der Waals surface area contributed by atoms with Crippen LogP contribution in [0.5, 0.6) is 5.75 Å². The number of rotatable bonds is 4. The highest BCUT2D eigenvalue weighted by Crippen LogP contribution is 2.30. The predicted molar refractivity (Wildman–Crippen MR) is 59.6 cm³/mol. The Bertz CT molecular complexity index is 422. The van der Waals surface area contributed by atoms with Gasteiger partial charge in [0, 0.05) is 11.6 Å². The zero-order chi connectivity index (χ0) is 13.0. The minimum Gasteiger partial charge on any atom is -0.495 e. The van der Waals surface area contributed by atoms with Gasteiger partial charge in [-0.2, -0.15) is 0 Å². The first-order valence-corrected chi connectivity index (χ1v) is 5.26. The van der Waals surface area contributed by atoms with Crippen molar-refractivity contribution in [1.82, 2.24) is 0 Å². The summed E-state index contributed by atoms with van der Waals surface area (Å²) in [5.41, 5.74) is -0.241. The molecule has 0 saturated carbocycles. The Morgan fingerprint density at radius 1 is 1.59 bits per heavy atom. The monoisotopic (exact) mass is 262 g/mol. The second-order valence-electron chi connectivity index (χ2n) is 3.16. The van der Waals surface area contributed by atoms with E-state index in [1.54, 1.807) is 6.92 Å². The lowest BCUT2D eigenvalue weighted by Gasteiger charge is -2.12. The molecular formula is C11H12ClFO4. The Hall–Kier alpha value is -1.33. The SMILES string of the molecule is CCOC(=O)C(O)c1cc(Cl)c(OC)cc1F. The van der Waals surface area contributed by atoms with Crippen molar-refractivity contribution >= 4 is 17.6 Å². The van der Waals surface area contributed by atoms with Crippen LogP contribution in [0.1, 0.15) is 18.6 Å². The fourth-order valence-electron chi connectivity index (χ4n) is 1.26. The van der Waals surface area contributed by atoms with Crippen LogP contribution < -0.4 is 4.74 Å². The Morgan fingerprint density at radius 3 is 2.76 bits per heavy atom. The number of esters is 1. The lowest BCUT2D eigenvalue weighted by Crippen LogP contribution is -2.16. The summed E-state index contributed by atoms with van der Waals surface area (Å²) in [6, 6.07) is 2.14. The molecule has 0 amide bonds. The molecule has 0 heterocycles. The topological polar surface area (TPSA) is 55.8 Å². The third-order valence-corrected chi connectivity index (χ3v) is 2.37. The first-order chi connectivity index (χ1) is 8.01. The van der Waals surface area contributed by atoms with Crippen molar-refractivity contribution in [3.63, 3.8) is 0 Å². The molecule has 1 unspecified atom stereocenters. The second-order valence-corrected chi connectivity index (χ2v) is 3.57. The van der Waals surface area contributed by atoms with Crippen molar-refractivity contribution in [3.8, 4) is 5.75 Å². The number of aliphatic hydroxyl groups excluding tert-OH is 1. The van der Waals surface area contributed by atoms with Crippen molar-refractivity contribution in [2.75, 3.05) is 13.7 Å². The molecule has 4 nitrogen and oxygen atoms in total. The van der Waals surface area contributed by atoms with Gasteiger partial charge in [0.15, 0.2) is 6.10 Å². The minimum absolute atomic E-state index is 0.0986. The molecule has 0 radical (unpaired) electrons. The smallest absolute Gasteiger partial charge is 0.339 e. The molecule has 0 spiro atoms. The maximum Gasteiger partial charge on any atom is 0.339 e. The lowest BCUT2D eigenvalue weighted by atomic mass is 10.1. The fraction of sp³-hybridized carbons (Fsp3) is 0.364. The summed E-state index contributed by atoms with van der Waals surface area (Å²) in [5.74, 6) is -1.58. The van der Waals surface area contributed by atoms with E-state index in [-0.39, 0.29) is 22.9 Å². The first kappa shape index (κ1) is 13.7. The summed E-state index contributed by atoms with van der Waals surface area (Å²) in [6.45, 7) is 1.68. The Balaban J connectivity index is 3.06. The quantitative estimate of drug-likeness (QED) is 0.844. The molecule has 0 aliphatic carbocycles. The van der Waals surface area contributed by atoms with E-state index in [1.807, 2.05) is 0 Å². The van der Waals surface area contributed by atoms with Crippen LogP contribution in [-0.4, -0.2) is 24.8 Å². The van der Waals surface area contributed by atoms with Gasteiger partial charge in [0.25, 0.3) is 0 Å². The summed E-state index contributed by atoms with van der Waals surface area (Å²) in [5, 5.41) is 9.68. The van der Waals surface area contributed by atoms with Gasteiger partial charge in [-0.15, -0.1) is 0 Å². The van der Waals surface area contributed by atoms with Crippen LogP contribution in [0.25, 0.3) is 0 Å². The molecule has 17 heavy (non-hydrogen) atoms. The van der Waals surface area contributed by atoms with E-state index < -0.39 is 17.9 Å². The molecule has 1 N–H and O–H groups in total. The van der Waals surface area contributed by atoms with Gasteiger partial charge in [-0.3, -0.25) is 0 Å². The van der Waals surface area contributed by atoms with Crippen molar-refractivity contribution in [2.45, 2.75) is 13.0 Å². The lowest BCUT2D eigenvalue weighted by molar-refractivity contribution is -0.153. The van der Waals surface area contributed by atoms with Gasteiger partial charge >= 0.3 is 5.97 Å². The Kier molecular flexibility index (Phi) is 4.72. The van der Waals surface area contributed by atoms with E-state index in [4.69, 9.17) is 16.3 Å². The maximum absolute atomic E-state index is 13.6. The van der Waals surface area contributed by atoms with Crippen molar-refractivity contribution in [2.24, 2.45) is 0 Å². The predicted octanol–water partition coefficient (Wildman–Crippen LogP) is 2.08. The van der Waals surface area contributed by atoms with E-state index in [2.05, 4.69) is 4.74 Å². The molecule has 0 saturated heterocycles. The van der Waals surface area contributed by atoms with Crippen molar-refractivity contribution < 1.29 is 23.8 Å². The highest BCUT2D eigenvalue weighted by Gasteiger charge is 2.23. The average molecular weight is 263 g/mol. The van der Waals surface area contributed by atoms with Crippen molar-refractivity contribution in [3.05, 3.63) is 28.5 Å². The van der Waals surface area contributed by atoms with Crippen LogP contribution in [0, 0.1) is 5.82 Å². The number of carbonyl (C=O) groups is 1. The summed E-state index contributed by atoms with van der Waals surface area (Å²) in [6.07, 6.45) is -1.70. The third-order valence-electron chi connectivity index (χ3n) is 2.08. The molecule has 0 aromatic heterocycles. The fourth-order valence-corrected chi connectivity index (χ4v) is 1.51. The van der Waals surface area contributed by atoms with Gasteiger partial charge in [0.05, 0.1) is 18.7 Å². The number of ether oxygens (including phenoxy) is 2. The van der Waals surface area contributed by atoms with Crippen LogP contribution in [0.3, 0.4) is 0 Å². The molecule has 1 aromatic carbocycles. The highest BCUT2D eigenvalue weighted by molar-refractivity contribution is 6.32. The Labute approximate surface area is 103 Å². The molecule has 0 aliphatic heterocycles. The summed E-state index contributed by atoms with van der Waals surface area (Å²) in [7, 11) is 1.34. The molecule has 1 rings (SSSR count). The van der Waals surface area contributed by atoms with E-state index in [9.17, 15) is 14.3 Å². The van der Waals surface area contributed by atoms with Gasteiger partial charge in [-0.05, 0) is 13.0 Å². The normalized spacial score (nSPS) is 12.1. The summed E-state index contributed by atoms with van der Waals surface area (Å²) in [4.78, 5) is 11.2. The largest absolute Gasteiger partial charge is 0.495 e. The van der Waals surface area contributed by atoms with Crippen LogP contribution in [0.2, 0.25) is 5.02 Å². The number of carbonyl (C=O) groups excluding carboxylic acids is 1. The number of aliphatic hydroxyl groups is 1. The van der Waals surface area contributed by atoms with Gasteiger partial charge in [-0.1, -0.05) is 11.6 Å². The van der Waals surface area contributed by atoms with Crippen LogP contribution >= 0.6 is 11.6 Å². The molecule has 0 fully saturated rings. The average Bonchev–Trinajstić information content (AvgIpc) is 2.31. The van der Waals surface area contributed by atoms with Crippen LogP contribution in [-0.2, 0) is 9.53 Å². The van der Waals surface area contributed by atoms with E-state index >= 15 is 0 Å². The number of hydrogen-bond donors (Lipinski definition) is 1. The van der Waals surface area contributed by atoms with Crippen LogP contribution in [0.4, 0.5) is 4.39 Å². The maximum atomic E-state index is 13.6. The molecule has 94 valence electrons.